The average Bonchev–Trinajstić information content (AvgIpc) is 3.33. The fourth-order valence-corrected chi connectivity index (χ4v) is 4.54. The monoisotopic (exact) mass is 391 g/mol. The Morgan fingerprint density at radius 2 is 2.15 bits per heavy atom. The van der Waals surface area contributed by atoms with E-state index in [-0.39, 0.29) is 23.2 Å². The summed E-state index contributed by atoms with van der Waals surface area (Å²) in [6.07, 6.45) is 5.06. The van der Waals surface area contributed by atoms with Crippen molar-refractivity contribution in [2.75, 3.05) is 13.6 Å². The molecule has 0 atom stereocenters. The molecule has 0 fully saturated rings. The second-order valence-electron chi connectivity index (χ2n) is 5.44. The number of pyridine rings is 1. The molecular weight excluding hydrogens is 374 g/mol. The van der Waals surface area contributed by atoms with Crippen molar-refractivity contribution in [3.63, 3.8) is 0 Å². The molecule has 1 N–H and O–H groups in total. The van der Waals surface area contributed by atoms with E-state index in [1.54, 1.807) is 52.9 Å². The van der Waals surface area contributed by atoms with Crippen molar-refractivity contribution >= 4 is 27.3 Å². The van der Waals surface area contributed by atoms with Gasteiger partial charge >= 0.3 is 0 Å². The number of likely N-dealkylation sites (N-methyl/N-ethyl adjacent to an activating group) is 1. The lowest BCUT2D eigenvalue weighted by Crippen LogP contribution is -2.37. The molecule has 10 heteroatoms. The molecule has 136 valence electrons. The third-order valence-electron chi connectivity index (χ3n) is 3.56. The minimum absolute atomic E-state index is 0.214. The van der Waals surface area contributed by atoms with E-state index >= 15 is 0 Å². The van der Waals surface area contributed by atoms with E-state index in [9.17, 15) is 13.2 Å². The Morgan fingerprint density at radius 1 is 1.31 bits per heavy atom. The van der Waals surface area contributed by atoms with Gasteiger partial charge in [-0.3, -0.25) is 4.79 Å². The Kier molecular flexibility index (Phi) is 5.45. The van der Waals surface area contributed by atoms with Gasteiger partial charge in [-0.2, -0.15) is 9.40 Å². The maximum Gasteiger partial charge on any atom is 0.252 e. The van der Waals surface area contributed by atoms with Crippen molar-refractivity contribution in [3.8, 4) is 5.82 Å². The lowest BCUT2D eigenvalue weighted by Gasteiger charge is -2.15. The molecule has 26 heavy (non-hydrogen) atoms. The maximum atomic E-state index is 12.3. The van der Waals surface area contributed by atoms with Crippen LogP contribution >= 0.6 is 11.3 Å². The molecule has 0 aliphatic carbocycles. The van der Waals surface area contributed by atoms with Crippen LogP contribution in [0.4, 0.5) is 0 Å². The normalized spacial score (nSPS) is 11.6. The summed E-state index contributed by atoms with van der Waals surface area (Å²) < 4.78 is 27.5. The summed E-state index contributed by atoms with van der Waals surface area (Å²) in [7, 11) is -2.25. The number of rotatable bonds is 7. The van der Waals surface area contributed by atoms with E-state index in [1.807, 2.05) is 0 Å². The van der Waals surface area contributed by atoms with Crippen molar-refractivity contribution in [1.82, 2.24) is 24.4 Å². The summed E-state index contributed by atoms with van der Waals surface area (Å²) in [6, 6.07) is 8.55. The third-order valence-corrected chi connectivity index (χ3v) is 6.74. The zero-order valence-electron chi connectivity index (χ0n) is 13.9. The molecule has 0 bridgehead atoms. The number of sulfonamides is 1. The van der Waals surface area contributed by atoms with E-state index < -0.39 is 10.0 Å². The van der Waals surface area contributed by atoms with E-state index in [0.29, 0.717) is 5.82 Å². The molecule has 0 saturated heterocycles. The minimum Gasteiger partial charge on any atom is -0.351 e. The molecule has 0 radical (unpaired) electrons. The van der Waals surface area contributed by atoms with Crippen LogP contribution in [0.25, 0.3) is 5.82 Å². The van der Waals surface area contributed by atoms with Crippen LogP contribution < -0.4 is 5.32 Å². The van der Waals surface area contributed by atoms with E-state index in [4.69, 9.17) is 0 Å². The number of carbonyl (C=O) groups excluding carboxylic acids is 1. The Balaban J connectivity index is 1.58. The van der Waals surface area contributed by atoms with Gasteiger partial charge < -0.3 is 5.32 Å². The fourth-order valence-electron chi connectivity index (χ4n) is 2.21. The molecule has 8 nitrogen and oxygen atoms in total. The number of nitrogens with one attached hydrogen (secondary N) is 1. The summed E-state index contributed by atoms with van der Waals surface area (Å²) >= 11 is 1.12. The fraction of sp³-hybridized carbons (Fsp3) is 0.188. The van der Waals surface area contributed by atoms with Gasteiger partial charge in [-0.15, -0.1) is 11.3 Å². The molecule has 3 aromatic heterocycles. The molecule has 1 amide bonds. The van der Waals surface area contributed by atoms with Crippen molar-refractivity contribution < 1.29 is 13.2 Å². The van der Waals surface area contributed by atoms with Crippen LogP contribution in [0, 0.1) is 0 Å². The first-order chi connectivity index (χ1) is 12.5. The van der Waals surface area contributed by atoms with Gasteiger partial charge in [0.25, 0.3) is 10.0 Å². The summed E-state index contributed by atoms with van der Waals surface area (Å²) in [5, 5.41) is 8.51. The first-order valence-electron chi connectivity index (χ1n) is 7.68. The van der Waals surface area contributed by atoms with Crippen LogP contribution in [0.5, 0.6) is 0 Å². The predicted octanol–water partition coefficient (Wildman–Crippen LogP) is 1.27. The van der Waals surface area contributed by atoms with Gasteiger partial charge in [0.1, 0.15) is 4.21 Å². The zero-order chi connectivity index (χ0) is 18.6. The van der Waals surface area contributed by atoms with Gasteiger partial charge in [0, 0.05) is 32.2 Å². The molecule has 0 aromatic carbocycles. The largest absolute Gasteiger partial charge is 0.351 e. The lowest BCUT2D eigenvalue weighted by atomic mass is 10.2. The molecular formula is C16H17N5O3S2. The predicted molar refractivity (Wildman–Crippen MR) is 97.3 cm³/mol. The Morgan fingerprint density at radius 3 is 2.85 bits per heavy atom. The molecule has 0 aliphatic heterocycles. The first-order valence-corrected chi connectivity index (χ1v) is 10.0. The molecule has 3 rings (SSSR count). The van der Waals surface area contributed by atoms with Gasteiger partial charge in [-0.05, 0) is 35.2 Å². The lowest BCUT2D eigenvalue weighted by molar-refractivity contribution is -0.121. The highest BCUT2D eigenvalue weighted by molar-refractivity contribution is 7.91. The minimum atomic E-state index is -3.64. The second kappa shape index (κ2) is 7.77. The molecule has 0 spiro atoms. The molecule has 0 saturated carbocycles. The number of hydrogen-bond acceptors (Lipinski definition) is 6. The number of hydrogen-bond donors (Lipinski definition) is 1. The SMILES string of the molecule is CN(CC(=O)NCc1ccnc(-n2cccn2)c1)S(=O)(=O)c1cccs1. The van der Waals surface area contributed by atoms with E-state index in [2.05, 4.69) is 15.4 Å². The molecule has 3 heterocycles. The summed E-state index contributed by atoms with van der Waals surface area (Å²) in [4.78, 5) is 16.3. The molecule has 0 aliphatic rings. The number of amides is 1. The quantitative estimate of drug-likeness (QED) is 0.654. The summed E-state index contributed by atoms with van der Waals surface area (Å²) in [5.74, 6) is 0.254. The van der Waals surface area contributed by atoms with Gasteiger partial charge in [0.15, 0.2) is 5.82 Å². The van der Waals surface area contributed by atoms with Gasteiger partial charge in [0.2, 0.25) is 5.91 Å². The number of nitrogens with zero attached hydrogens (tertiary/aromatic N) is 4. The number of carbonyl (C=O) groups is 1. The van der Waals surface area contributed by atoms with Crippen molar-refractivity contribution in [2.24, 2.45) is 0 Å². The van der Waals surface area contributed by atoms with Crippen LogP contribution in [0.1, 0.15) is 5.56 Å². The summed E-state index contributed by atoms with van der Waals surface area (Å²) in [5.41, 5.74) is 0.836. The van der Waals surface area contributed by atoms with E-state index in [0.717, 1.165) is 21.2 Å². The highest BCUT2D eigenvalue weighted by atomic mass is 32.2. The Hall–Kier alpha value is -2.56. The zero-order valence-corrected chi connectivity index (χ0v) is 15.6. The highest BCUT2D eigenvalue weighted by Crippen LogP contribution is 2.19. The van der Waals surface area contributed by atoms with Crippen molar-refractivity contribution in [3.05, 3.63) is 59.9 Å². The summed E-state index contributed by atoms with van der Waals surface area (Å²) in [6.45, 7) is 0.0137. The first kappa shape index (κ1) is 18.2. The Labute approximate surface area is 155 Å². The van der Waals surface area contributed by atoms with Crippen LogP contribution in [-0.2, 0) is 21.4 Å². The standard InChI is InChI=1S/C16H17N5O3S2/c1-20(26(23,24)16-4-2-9-25-16)12-15(22)18-11-13-5-7-17-14(10-13)21-8-3-6-19-21/h2-10H,11-12H2,1H3,(H,18,22). The maximum absolute atomic E-state index is 12.3. The van der Waals surface area contributed by atoms with Gasteiger partial charge in [-0.1, -0.05) is 6.07 Å². The van der Waals surface area contributed by atoms with Crippen LogP contribution in [0.2, 0.25) is 0 Å². The smallest absolute Gasteiger partial charge is 0.252 e. The van der Waals surface area contributed by atoms with Gasteiger partial charge in [-0.25, -0.2) is 18.1 Å². The highest BCUT2D eigenvalue weighted by Gasteiger charge is 2.23. The number of thiophene rings is 1. The second-order valence-corrected chi connectivity index (χ2v) is 8.66. The van der Waals surface area contributed by atoms with Crippen LogP contribution in [0.3, 0.4) is 0 Å². The van der Waals surface area contributed by atoms with Crippen molar-refractivity contribution in [1.29, 1.82) is 0 Å². The average molecular weight is 391 g/mol. The van der Waals surface area contributed by atoms with Crippen molar-refractivity contribution in [2.45, 2.75) is 10.8 Å². The topological polar surface area (TPSA) is 97.2 Å². The van der Waals surface area contributed by atoms with E-state index in [1.165, 1.54) is 13.1 Å². The van der Waals surface area contributed by atoms with Crippen LogP contribution in [-0.4, -0.2) is 47.0 Å². The molecule has 0 unspecified atom stereocenters. The molecule has 3 aromatic rings. The van der Waals surface area contributed by atoms with Crippen LogP contribution in [0.15, 0.2) is 58.5 Å². The van der Waals surface area contributed by atoms with Gasteiger partial charge in [0.05, 0.1) is 6.54 Å². The Bertz CT molecular complexity index is 969. The number of aromatic nitrogens is 3. The third kappa shape index (κ3) is 4.15.